The molecular weight excluding hydrogens is 359 g/mol. The molecule has 1 fully saturated rings. The quantitative estimate of drug-likeness (QED) is 0.702. The predicted molar refractivity (Wildman–Crippen MR) is 93.3 cm³/mol. The number of para-hydroxylation sites is 1. The first-order valence-electron chi connectivity index (χ1n) is 8.56. The fraction of sp³-hybridized carbons (Fsp3) is 0.333. The van der Waals surface area contributed by atoms with Gasteiger partial charge in [-0.3, -0.25) is 9.36 Å². The second kappa shape index (κ2) is 6.98. The Hall–Kier alpha value is -2.97. The summed E-state index contributed by atoms with van der Waals surface area (Å²) >= 11 is 0. The number of hydrogen-bond acceptors (Lipinski definition) is 5. The number of nitrogens with zero attached hydrogens (tertiary/aromatic N) is 5. The molecule has 1 saturated heterocycles. The molecule has 4 rings (SSSR count). The summed E-state index contributed by atoms with van der Waals surface area (Å²) in [6, 6.07) is 6.23. The minimum absolute atomic E-state index is 0.254. The van der Waals surface area contributed by atoms with E-state index in [1.54, 1.807) is 29.2 Å². The molecule has 1 aliphatic rings. The Morgan fingerprint density at radius 3 is 2.67 bits per heavy atom. The second-order valence-corrected chi connectivity index (χ2v) is 6.35. The lowest BCUT2D eigenvalue weighted by molar-refractivity contribution is 0.123. The average molecular weight is 375 g/mol. The second-order valence-electron chi connectivity index (χ2n) is 6.35. The van der Waals surface area contributed by atoms with E-state index < -0.39 is 30.4 Å². The van der Waals surface area contributed by atoms with Gasteiger partial charge >= 0.3 is 0 Å². The number of aromatic nitrogens is 4. The number of benzene rings is 1. The van der Waals surface area contributed by atoms with Gasteiger partial charge in [-0.05, 0) is 25.0 Å². The zero-order valence-electron chi connectivity index (χ0n) is 14.2. The Morgan fingerprint density at radius 1 is 1.19 bits per heavy atom. The molecule has 0 spiro atoms. The largest absolute Gasteiger partial charge is 0.331 e. The van der Waals surface area contributed by atoms with Crippen molar-refractivity contribution in [2.24, 2.45) is 0 Å². The lowest BCUT2D eigenvalue weighted by atomic mass is 10.1. The van der Waals surface area contributed by atoms with Crippen LogP contribution in [0.5, 0.6) is 0 Å². The monoisotopic (exact) mass is 375 g/mol. The molecule has 3 aromatic rings. The van der Waals surface area contributed by atoms with Crippen molar-refractivity contribution >= 4 is 16.9 Å². The molecule has 1 atom stereocenters. The van der Waals surface area contributed by atoms with E-state index in [-0.39, 0.29) is 11.8 Å². The van der Waals surface area contributed by atoms with Crippen molar-refractivity contribution in [3.8, 4) is 0 Å². The Kier molecular flexibility index (Phi) is 4.51. The highest BCUT2D eigenvalue weighted by Crippen LogP contribution is 2.33. The van der Waals surface area contributed by atoms with E-state index in [1.807, 2.05) is 0 Å². The molecular formula is C18H16F3N5O. The van der Waals surface area contributed by atoms with Gasteiger partial charge in [-0.1, -0.05) is 12.1 Å². The van der Waals surface area contributed by atoms with Crippen LogP contribution in [0, 0.1) is 5.82 Å². The lowest BCUT2D eigenvalue weighted by Gasteiger charge is -2.26. The Labute approximate surface area is 152 Å². The molecule has 0 radical (unpaired) electrons. The van der Waals surface area contributed by atoms with E-state index in [4.69, 9.17) is 0 Å². The van der Waals surface area contributed by atoms with Gasteiger partial charge < -0.3 is 4.90 Å². The van der Waals surface area contributed by atoms with Crippen LogP contribution >= 0.6 is 0 Å². The third-order valence-electron chi connectivity index (χ3n) is 4.63. The maximum Gasteiger partial charge on any atom is 0.261 e. The van der Waals surface area contributed by atoms with Crippen molar-refractivity contribution in [1.82, 2.24) is 19.5 Å². The lowest BCUT2D eigenvalue weighted by Crippen LogP contribution is -2.34. The standard InChI is InChI=1S/C18H16F3N5O/c19-11-8-22-18(23-9-11)25-7-3-6-14(25)16-24-13-5-2-1-4-12(13)17(27)26(16)10-15(20)21/h1-2,4-5,8-9,14-15H,3,6-7,10H2. The van der Waals surface area contributed by atoms with Crippen molar-refractivity contribution in [2.75, 3.05) is 11.4 Å². The number of alkyl halides is 2. The molecule has 27 heavy (non-hydrogen) atoms. The number of halogens is 3. The number of hydrogen-bond donors (Lipinski definition) is 0. The first-order chi connectivity index (χ1) is 13.0. The normalized spacial score (nSPS) is 17.2. The summed E-state index contributed by atoms with van der Waals surface area (Å²) in [6.07, 6.45) is 0.772. The highest BCUT2D eigenvalue weighted by molar-refractivity contribution is 5.77. The van der Waals surface area contributed by atoms with Crippen LogP contribution in [-0.2, 0) is 6.54 Å². The molecule has 0 bridgehead atoms. The summed E-state index contributed by atoms with van der Waals surface area (Å²) in [5.41, 5.74) is -0.0438. The van der Waals surface area contributed by atoms with Crippen molar-refractivity contribution in [3.05, 3.63) is 58.7 Å². The highest BCUT2D eigenvalue weighted by Gasteiger charge is 2.32. The van der Waals surface area contributed by atoms with Crippen LogP contribution < -0.4 is 10.5 Å². The topological polar surface area (TPSA) is 63.9 Å². The maximum atomic E-state index is 13.2. The van der Waals surface area contributed by atoms with Crippen LogP contribution in [0.2, 0.25) is 0 Å². The number of rotatable bonds is 4. The van der Waals surface area contributed by atoms with Crippen molar-refractivity contribution in [2.45, 2.75) is 31.9 Å². The highest BCUT2D eigenvalue weighted by atomic mass is 19.3. The van der Waals surface area contributed by atoms with Crippen LogP contribution in [-0.4, -0.2) is 32.5 Å². The van der Waals surface area contributed by atoms with Crippen LogP contribution in [0.3, 0.4) is 0 Å². The molecule has 0 saturated carbocycles. The van der Waals surface area contributed by atoms with E-state index in [1.165, 1.54) is 0 Å². The fourth-order valence-corrected chi connectivity index (χ4v) is 3.48. The molecule has 9 heteroatoms. The van der Waals surface area contributed by atoms with Gasteiger partial charge in [0.25, 0.3) is 12.0 Å². The van der Waals surface area contributed by atoms with Gasteiger partial charge in [0.2, 0.25) is 5.95 Å². The molecule has 0 aliphatic carbocycles. The maximum absolute atomic E-state index is 13.2. The van der Waals surface area contributed by atoms with Gasteiger partial charge in [0, 0.05) is 6.54 Å². The first-order valence-corrected chi connectivity index (χ1v) is 8.56. The van der Waals surface area contributed by atoms with Gasteiger partial charge in [0.1, 0.15) is 5.82 Å². The van der Waals surface area contributed by atoms with Crippen molar-refractivity contribution in [1.29, 1.82) is 0 Å². The fourth-order valence-electron chi connectivity index (χ4n) is 3.48. The van der Waals surface area contributed by atoms with E-state index in [0.29, 0.717) is 23.9 Å². The summed E-state index contributed by atoms with van der Waals surface area (Å²) in [5, 5.41) is 0.296. The molecule has 1 aliphatic heterocycles. The Bertz CT molecular complexity index is 1020. The van der Waals surface area contributed by atoms with E-state index in [0.717, 1.165) is 23.4 Å². The third-order valence-corrected chi connectivity index (χ3v) is 4.63. The zero-order chi connectivity index (χ0) is 19.0. The molecule has 6 nitrogen and oxygen atoms in total. The summed E-state index contributed by atoms with van der Waals surface area (Å²) in [4.78, 5) is 27.1. The summed E-state index contributed by atoms with van der Waals surface area (Å²) in [5.74, 6) is -0.0257. The summed E-state index contributed by atoms with van der Waals surface area (Å²) in [7, 11) is 0. The average Bonchev–Trinajstić information content (AvgIpc) is 3.14. The zero-order valence-corrected chi connectivity index (χ0v) is 14.2. The first kappa shape index (κ1) is 17.4. The molecule has 3 heterocycles. The van der Waals surface area contributed by atoms with Crippen LogP contribution in [0.4, 0.5) is 19.1 Å². The molecule has 0 amide bonds. The number of anilines is 1. The van der Waals surface area contributed by atoms with Gasteiger partial charge in [-0.15, -0.1) is 0 Å². The van der Waals surface area contributed by atoms with E-state index >= 15 is 0 Å². The van der Waals surface area contributed by atoms with Gasteiger partial charge in [-0.25, -0.2) is 28.1 Å². The predicted octanol–water partition coefficient (Wildman–Crippen LogP) is 2.93. The summed E-state index contributed by atoms with van der Waals surface area (Å²) in [6.45, 7) is -0.172. The SMILES string of the molecule is O=c1c2ccccc2nc(C2CCCN2c2ncc(F)cn2)n1CC(F)F. The van der Waals surface area contributed by atoms with Crippen molar-refractivity contribution in [3.63, 3.8) is 0 Å². The van der Waals surface area contributed by atoms with E-state index in [9.17, 15) is 18.0 Å². The minimum Gasteiger partial charge on any atom is -0.331 e. The molecule has 1 aromatic carbocycles. The third kappa shape index (κ3) is 3.24. The molecule has 140 valence electrons. The van der Waals surface area contributed by atoms with Gasteiger partial charge in [0.05, 0.1) is 35.9 Å². The smallest absolute Gasteiger partial charge is 0.261 e. The van der Waals surface area contributed by atoms with E-state index in [2.05, 4.69) is 15.0 Å². The van der Waals surface area contributed by atoms with Gasteiger partial charge in [0.15, 0.2) is 5.82 Å². The van der Waals surface area contributed by atoms with Crippen LogP contribution in [0.25, 0.3) is 10.9 Å². The molecule has 2 aromatic heterocycles. The van der Waals surface area contributed by atoms with Crippen LogP contribution in [0.1, 0.15) is 24.7 Å². The molecule has 1 unspecified atom stereocenters. The minimum atomic E-state index is -2.69. The Balaban J connectivity index is 1.86. The van der Waals surface area contributed by atoms with Crippen LogP contribution in [0.15, 0.2) is 41.5 Å². The Morgan fingerprint density at radius 2 is 1.93 bits per heavy atom. The molecule has 0 N–H and O–H groups in total. The summed E-state index contributed by atoms with van der Waals surface area (Å²) < 4.78 is 40.5. The number of fused-ring (bicyclic) bond motifs is 1. The van der Waals surface area contributed by atoms with Gasteiger partial charge in [-0.2, -0.15) is 0 Å². The van der Waals surface area contributed by atoms with Crippen molar-refractivity contribution < 1.29 is 13.2 Å².